The molecule has 0 aromatic heterocycles. The van der Waals surface area contributed by atoms with Crippen LogP contribution >= 0.6 is 15.9 Å². The summed E-state index contributed by atoms with van der Waals surface area (Å²) in [7, 11) is 0. The van der Waals surface area contributed by atoms with E-state index in [9.17, 15) is 13.6 Å². The highest BCUT2D eigenvalue weighted by molar-refractivity contribution is 9.11. The largest absolute Gasteiger partial charge is 0.478 e. The van der Waals surface area contributed by atoms with Crippen LogP contribution in [0.5, 0.6) is 0 Å². The lowest BCUT2D eigenvalue weighted by Gasteiger charge is -2.08. The zero-order valence-corrected chi connectivity index (χ0v) is 9.64. The Balaban J connectivity index is 3.02. The van der Waals surface area contributed by atoms with Gasteiger partial charge in [-0.15, -0.1) is 0 Å². The minimum absolute atomic E-state index is 0.108. The zero-order valence-electron chi connectivity index (χ0n) is 8.06. The van der Waals surface area contributed by atoms with Crippen LogP contribution in [0.15, 0.2) is 23.2 Å². The molecule has 0 bridgehead atoms. The van der Waals surface area contributed by atoms with Gasteiger partial charge in [0.05, 0.1) is 11.3 Å². The maximum atomic E-state index is 13.3. The summed E-state index contributed by atoms with van der Waals surface area (Å²) in [5.74, 6) is -4.10. The first-order valence-corrected chi connectivity index (χ1v) is 5.01. The molecule has 1 rings (SSSR count). The van der Waals surface area contributed by atoms with E-state index in [1.807, 2.05) is 0 Å². The number of hydrogen-bond acceptors (Lipinski definition) is 2. The molecule has 0 atom stereocenters. The average molecular weight is 292 g/mol. The fourth-order valence-electron chi connectivity index (χ4n) is 1.04. The van der Waals surface area contributed by atoms with Gasteiger partial charge in [-0.05, 0) is 12.1 Å². The number of halogens is 3. The van der Waals surface area contributed by atoms with Crippen LogP contribution in [-0.4, -0.2) is 17.6 Å². The number of rotatable bonds is 4. The van der Waals surface area contributed by atoms with E-state index >= 15 is 0 Å². The molecule has 0 aliphatic heterocycles. The van der Waals surface area contributed by atoms with Crippen molar-refractivity contribution in [2.24, 2.45) is 0 Å². The molecule has 6 heteroatoms. The Bertz CT molecular complexity index is 449. The van der Waals surface area contributed by atoms with Crippen LogP contribution < -0.4 is 5.32 Å². The van der Waals surface area contributed by atoms with Crippen molar-refractivity contribution in [2.75, 3.05) is 11.9 Å². The Morgan fingerprint density at radius 2 is 2.06 bits per heavy atom. The summed E-state index contributed by atoms with van der Waals surface area (Å²) in [5, 5.41) is 11.1. The van der Waals surface area contributed by atoms with Gasteiger partial charge in [0.1, 0.15) is 0 Å². The van der Waals surface area contributed by atoms with Gasteiger partial charge in [-0.25, -0.2) is 13.6 Å². The van der Waals surface area contributed by atoms with Crippen molar-refractivity contribution in [3.8, 4) is 0 Å². The van der Waals surface area contributed by atoms with Gasteiger partial charge in [-0.2, -0.15) is 0 Å². The molecule has 0 aliphatic rings. The molecule has 2 N–H and O–H groups in total. The number of benzene rings is 1. The van der Waals surface area contributed by atoms with Gasteiger partial charge in [-0.1, -0.05) is 22.5 Å². The van der Waals surface area contributed by atoms with Gasteiger partial charge in [0.2, 0.25) is 0 Å². The maximum absolute atomic E-state index is 13.3. The second-order valence-electron chi connectivity index (χ2n) is 2.96. The average Bonchev–Trinajstić information content (AvgIpc) is 2.19. The molecule has 86 valence electrons. The van der Waals surface area contributed by atoms with Crippen LogP contribution in [0.4, 0.5) is 14.5 Å². The molecule has 0 heterocycles. The van der Waals surface area contributed by atoms with Crippen molar-refractivity contribution in [1.82, 2.24) is 0 Å². The molecule has 0 amide bonds. The summed E-state index contributed by atoms with van der Waals surface area (Å²) < 4.78 is 27.1. The summed E-state index contributed by atoms with van der Waals surface area (Å²) in [4.78, 5) is 10.5. The van der Waals surface area contributed by atoms with Crippen molar-refractivity contribution in [2.45, 2.75) is 0 Å². The molecule has 0 unspecified atom stereocenters. The minimum atomic E-state index is -1.51. The van der Waals surface area contributed by atoms with Crippen LogP contribution in [-0.2, 0) is 0 Å². The molecule has 0 fully saturated rings. The highest BCUT2D eigenvalue weighted by atomic mass is 79.9. The molecule has 0 radical (unpaired) electrons. The van der Waals surface area contributed by atoms with Crippen molar-refractivity contribution in [1.29, 1.82) is 0 Å². The van der Waals surface area contributed by atoms with Gasteiger partial charge in [0.15, 0.2) is 11.6 Å². The smallest absolute Gasteiger partial charge is 0.338 e. The van der Waals surface area contributed by atoms with Crippen LogP contribution in [0.1, 0.15) is 10.4 Å². The Hall–Kier alpha value is -1.43. The number of carbonyl (C=O) groups is 1. The third-order valence-corrected chi connectivity index (χ3v) is 2.06. The summed E-state index contributed by atoms with van der Waals surface area (Å²) in [5.41, 5.74) is -0.802. The lowest BCUT2D eigenvalue weighted by atomic mass is 10.2. The summed E-state index contributed by atoms with van der Waals surface area (Å²) >= 11 is 3.05. The molecule has 0 spiro atoms. The van der Waals surface area contributed by atoms with Gasteiger partial charge in [0.25, 0.3) is 0 Å². The van der Waals surface area contributed by atoms with Crippen molar-refractivity contribution >= 4 is 27.6 Å². The molecule has 1 aromatic rings. The van der Waals surface area contributed by atoms with E-state index in [2.05, 4.69) is 27.8 Å². The van der Waals surface area contributed by atoms with Gasteiger partial charge in [0, 0.05) is 11.0 Å². The molecule has 0 saturated heterocycles. The fraction of sp³-hybridized carbons (Fsp3) is 0.100. The Kier molecular flexibility index (Phi) is 4.00. The third kappa shape index (κ3) is 2.79. The van der Waals surface area contributed by atoms with Gasteiger partial charge >= 0.3 is 5.97 Å². The van der Waals surface area contributed by atoms with Crippen molar-refractivity contribution in [3.63, 3.8) is 0 Å². The summed E-state index contributed by atoms with van der Waals surface area (Å²) in [6.07, 6.45) is 0. The first-order valence-electron chi connectivity index (χ1n) is 4.22. The highest BCUT2D eigenvalue weighted by Crippen LogP contribution is 2.21. The van der Waals surface area contributed by atoms with E-state index in [1.54, 1.807) is 0 Å². The first kappa shape index (κ1) is 12.6. The molecule has 3 nitrogen and oxygen atoms in total. The molecule has 0 saturated carbocycles. The summed E-state index contributed by atoms with van der Waals surface area (Å²) in [6, 6.07) is 2.16. The second kappa shape index (κ2) is 5.07. The van der Waals surface area contributed by atoms with E-state index in [0.29, 0.717) is 4.48 Å². The second-order valence-corrected chi connectivity index (χ2v) is 4.09. The van der Waals surface area contributed by atoms with Crippen LogP contribution in [0.2, 0.25) is 0 Å². The molecule has 0 aliphatic carbocycles. The van der Waals surface area contributed by atoms with E-state index in [-0.39, 0.29) is 12.2 Å². The number of aromatic carboxylic acids is 1. The van der Waals surface area contributed by atoms with Crippen LogP contribution in [0.3, 0.4) is 0 Å². The lowest BCUT2D eigenvalue weighted by molar-refractivity contribution is 0.0690. The molecular weight excluding hydrogens is 284 g/mol. The quantitative estimate of drug-likeness (QED) is 0.897. The lowest BCUT2D eigenvalue weighted by Crippen LogP contribution is -2.08. The minimum Gasteiger partial charge on any atom is -0.478 e. The first-order chi connectivity index (χ1) is 7.43. The molecule has 16 heavy (non-hydrogen) atoms. The zero-order chi connectivity index (χ0) is 12.3. The normalized spacial score (nSPS) is 9.94. The molecule has 1 aromatic carbocycles. The third-order valence-electron chi connectivity index (χ3n) is 1.78. The predicted molar refractivity (Wildman–Crippen MR) is 59.9 cm³/mol. The Morgan fingerprint density at radius 1 is 1.44 bits per heavy atom. The number of nitrogens with one attached hydrogen (secondary N) is 1. The van der Waals surface area contributed by atoms with E-state index in [1.165, 1.54) is 0 Å². The van der Waals surface area contributed by atoms with Crippen molar-refractivity contribution < 1.29 is 18.7 Å². The number of carboxylic acids is 1. The topological polar surface area (TPSA) is 49.3 Å². The predicted octanol–water partition coefficient (Wildman–Crippen LogP) is 2.98. The standard InChI is InChI=1S/C10H8BrF2NO2/c1-5(11)4-14-7-3-2-6(10(15)16)8(12)9(7)13/h2-3,14H,1,4H2,(H,15,16). The number of hydrogen-bond donors (Lipinski definition) is 2. The number of carboxylic acid groups (broad SMARTS) is 1. The van der Waals surface area contributed by atoms with Gasteiger partial charge in [-0.3, -0.25) is 0 Å². The summed E-state index contributed by atoms with van der Waals surface area (Å²) in [6.45, 7) is 3.72. The number of anilines is 1. The Morgan fingerprint density at radius 3 is 2.56 bits per heavy atom. The van der Waals surface area contributed by atoms with E-state index < -0.39 is 23.2 Å². The highest BCUT2D eigenvalue weighted by Gasteiger charge is 2.17. The van der Waals surface area contributed by atoms with Crippen LogP contribution in [0, 0.1) is 11.6 Å². The maximum Gasteiger partial charge on any atom is 0.338 e. The van der Waals surface area contributed by atoms with Crippen LogP contribution in [0.25, 0.3) is 0 Å². The van der Waals surface area contributed by atoms with E-state index in [4.69, 9.17) is 5.11 Å². The Labute approximate surface area is 98.9 Å². The monoisotopic (exact) mass is 291 g/mol. The SMILES string of the molecule is C=C(Br)CNc1ccc(C(=O)O)c(F)c1F. The van der Waals surface area contributed by atoms with Crippen molar-refractivity contribution in [3.05, 3.63) is 40.4 Å². The molecular formula is C10H8BrF2NO2. The van der Waals surface area contributed by atoms with E-state index in [0.717, 1.165) is 12.1 Å². The van der Waals surface area contributed by atoms with Gasteiger partial charge < -0.3 is 10.4 Å². The fourth-order valence-corrected chi connectivity index (χ4v) is 1.18.